The molecule has 33 heavy (non-hydrogen) atoms. The standard InChI is InChI=1S/C24H45N5O4/c1-27(2)18-8-6-17(7-9-18)24(32)26-15-19-22(23(31)20(16-30)33-19)29-13-11-28(12-14-29)21-5-3-4-10-25-21/h17-23,25,30-31H,3-16H2,1-2H3,(H,26,32)/t17?,18?,19-,20-,21?,22-,23+/m0/s1. The largest absolute Gasteiger partial charge is 0.394 e. The third-order valence-electron chi connectivity index (χ3n) is 8.41. The second-order valence-corrected chi connectivity index (χ2v) is 10.6. The minimum Gasteiger partial charge on any atom is -0.394 e. The number of ether oxygens (including phenoxy) is 1. The van der Waals surface area contributed by atoms with Gasteiger partial charge in [-0.25, -0.2) is 0 Å². The summed E-state index contributed by atoms with van der Waals surface area (Å²) in [5.41, 5.74) is 0. The van der Waals surface area contributed by atoms with Gasteiger partial charge in [0.15, 0.2) is 0 Å². The Morgan fingerprint density at radius 2 is 1.73 bits per heavy atom. The van der Waals surface area contributed by atoms with E-state index in [2.05, 4.69) is 39.4 Å². The molecule has 9 heteroatoms. The molecule has 3 heterocycles. The summed E-state index contributed by atoms with van der Waals surface area (Å²) in [6, 6.07) is 0.368. The number of rotatable bonds is 7. The molecule has 0 aromatic rings. The maximum absolute atomic E-state index is 12.8. The first kappa shape index (κ1) is 25.3. The second-order valence-electron chi connectivity index (χ2n) is 10.6. The monoisotopic (exact) mass is 467 g/mol. The van der Waals surface area contributed by atoms with Crippen molar-refractivity contribution in [3.05, 3.63) is 0 Å². The van der Waals surface area contributed by atoms with Crippen LogP contribution in [0.25, 0.3) is 0 Å². The number of carbonyl (C=O) groups is 1. The molecule has 1 aliphatic carbocycles. The van der Waals surface area contributed by atoms with Crippen molar-refractivity contribution >= 4 is 5.91 Å². The van der Waals surface area contributed by atoms with Crippen LogP contribution in [0.4, 0.5) is 0 Å². The van der Waals surface area contributed by atoms with Crippen LogP contribution in [0.3, 0.4) is 0 Å². The normalized spacial score (nSPS) is 39.1. The molecule has 4 aliphatic rings. The van der Waals surface area contributed by atoms with Crippen molar-refractivity contribution in [2.45, 2.75) is 81.5 Å². The number of amides is 1. The Labute approximate surface area is 198 Å². The zero-order valence-electron chi connectivity index (χ0n) is 20.5. The number of aliphatic hydroxyl groups excluding tert-OH is 2. The Kier molecular flexibility index (Phi) is 9.00. The van der Waals surface area contributed by atoms with E-state index in [1.54, 1.807) is 0 Å². The minimum atomic E-state index is -0.744. The third-order valence-corrected chi connectivity index (χ3v) is 8.41. The van der Waals surface area contributed by atoms with E-state index in [4.69, 9.17) is 4.74 Å². The predicted octanol–water partition coefficient (Wildman–Crippen LogP) is -0.571. The lowest BCUT2D eigenvalue weighted by Gasteiger charge is -2.44. The second kappa shape index (κ2) is 11.7. The van der Waals surface area contributed by atoms with Crippen LogP contribution in [0.1, 0.15) is 44.9 Å². The number of piperazine rings is 1. The molecule has 0 bridgehead atoms. The summed E-state index contributed by atoms with van der Waals surface area (Å²) in [7, 11) is 4.22. The summed E-state index contributed by atoms with van der Waals surface area (Å²) in [5, 5.41) is 27.4. The summed E-state index contributed by atoms with van der Waals surface area (Å²) in [6.45, 7) is 4.91. The molecule has 1 unspecified atom stereocenters. The van der Waals surface area contributed by atoms with Gasteiger partial charge in [0.05, 0.1) is 24.9 Å². The first-order valence-electron chi connectivity index (χ1n) is 13.1. The van der Waals surface area contributed by atoms with Crippen LogP contribution in [-0.2, 0) is 9.53 Å². The number of nitrogens with one attached hydrogen (secondary N) is 2. The maximum atomic E-state index is 12.8. The van der Waals surface area contributed by atoms with Gasteiger partial charge >= 0.3 is 0 Å². The van der Waals surface area contributed by atoms with Gasteiger partial charge in [0, 0.05) is 44.7 Å². The van der Waals surface area contributed by atoms with E-state index in [1.165, 1.54) is 19.3 Å². The Bertz CT molecular complexity index is 616. The summed E-state index contributed by atoms with van der Waals surface area (Å²) >= 11 is 0. The fraction of sp³-hybridized carbons (Fsp3) is 0.958. The first-order valence-corrected chi connectivity index (χ1v) is 13.1. The molecule has 3 saturated heterocycles. The molecule has 1 saturated carbocycles. The van der Waals surface area contributed by atoms with Gasteiger partial charge in [-0.3, -0.25) is 14.6 Å². The van der Waals surface area contributed by atoms with Gasteiger partial charge in [-0.2, -0.15) is 0 Å². The van der Waals surface area contributed by atoms with E-state index in [0.717, 1.165) is 58.4 Å². The molecule has 0 spiro atoms. The molecule has 1 amide bonds. The zero-order valence-corrected chi connectivity index (χ0v) is 20.5. The molecule has 190 valence electrons. The molecule has 9 nitrogen and oxygen atoms in total. The van der Waals surface area contributed by atoms with Crippen LogP contribution < -0.4 is 10.6 Å². The highest BCUT2D eigenvalue weighted by molar-refractivity contribution is 5.78. The Hall–Kier alpha value is -0.810. The van der Waals surface area contributed by atoms with Crippen molar-refractivity contribution in [3.63, 3.8) is 0 Å². The molecular formula is C24H45N5O4. The SMILES string of the molecule is CN(C)C1CCC(C(=O)NC[C@@H]2O[C@@H](CO)[C@@H](O)[C@H]2N2CCN(C3CCCCN3)CC2)CC1. The molecule has 4 fully saturated rings. The minimum absolute atomic E-state index is 0.0613. The summed E-state index contributed by atoms with van der Waals surface area (Å²) < 4.78 is 6.03. The first-order chi connectivity index (χ1) is 16.0. The smallest absolute Gasteiger partial charge is 0.223 e. The highest BCUT2D eigenvalue weighted by Gasteiger charge is 2.47. The van der Waals surface area contributed by atoms with Crippen LogP contribution >= 0.6 is 0 Å². The fourth-order valence-corrected chi connectivity index (χ4v) is 6.29. The van der Waals surface area contributed by atoms with Gasteiger partial charge in [-0.05, 0) is 65.6 Å². The maximum Gasteiger partial charge on any atom is 0.223 e. The average Bonchev–Trinajstić information content (AvgIpc) is 3.18. The lowest BCUT2D eigenvalue weighted by atomic mass is 9.85. The number of aliphatic hydroxyl groups is 2. The van der Waals surface area contributed by atoms with E-state index in [-0.39, 0.29) is 30.6 Å². The van der Waals surface area contributed by atoms with Crippen molar-refractivity contribution in [3.8, 4) is 0 Å². The van der Waals surface area contributed by atoms with Crippen LogP contribution in [-0.4, -0.2) is 127 Å². The molecule has 0 aromatic carbocycles. The summed E-state index contributed by atoms with van der Waals surface area (Å²) in [5.74, 6) is 0.163. The molecular weight excluding hydrogens is 422 g/mol. The van der Waals surface area contributed by atoms with E-state index in [9.17, 15) is 15.0 Å². The number of carbonyl (C=O) groups excluding carboxylic acids is 1. The number of hydrogen-bond donors (Lipinski definition) is 4. The van der Waals surface area contributed by atoms with Crippen molar-refractivity contribution in [2.75, 3.05) is 60.0 Å². The van der Waals surface area contributed by atoms with Crippen LogP contribution in [0.15, 0.2) is 0 Å². The van der Waals surface area contributed by atoms with Crippen LogP contribution in [0.2, 0.25) is 0 Å². The van der Waals surface area contributed by atoms with Gasteiger partial charge in [-0.1, -0.05) is 0 Å². The highest BCUT2D eigenvalue weighted by atomic mass is 16.5. The fourth-order valence-electron chi connectivity index (χ4n) is 6.29. The molecule has 0 aromatic heterocycles. The quantitative estimate of drug-likeness (QED) is 0.395. The van der Waals surface area contributed by atoms with Crippen molar-refractivity contribution in [1.29, 1.82) is 0 Å². The molecule has 4 N–H and O–H groups in total. The van der Waals surface area contributed by atoms with Crippen molar-refractivity contribution in [1.82, 2.24) is 25.3 Å². The van der Waals surface area contributed by atoms with Crippen molar-refractivity contribution in [2.24, 2.45) is 5.92 Å². The van der Waals surface area contributed by atoms with Crippen LogP contribution in [0, 0.1) is 5.92 Å². The Morgan fingerprint density at radius 3 is 2.33 bits per heavy atom. The zero-order chi connectivity index (χ0) is 23.4. The molecule has 3 aliphatic heterocycles. The van der Waals surface area contributed by atoms with Crippen LogP contribution in [0.5, 0.6) is 0 Å². The number of hydrogen-bond acceptors (Lipinski definition) is 8. The van der Waals surface area contributed by atoms with Gasteiger partial charge in [0.1, 0.15) is 12.2 Å². The summed E-state index contributed by atoms with van der Waals surface area (Å²) in [4.78, 5) is 19.9. The van der Waals surface area contributed by atoms with Crippen molar-refractivity contribution < 1.29 is 19.7 Å². The lowest BCUT2D eigenvalue weighted by Crippen LogP contribution is -2.61. The van der Waals surface area contributed by atoms with E-state index >= 15 is 0 Å². The molecule has 4 rings (SSSR count). The number of piperidine rings is 1. The topological polar surface area (TPSA) is 101 Å². The Balaban J connectivity index is 1.29. The third kappa shape index (κ3) is 6.07. The lowest BCUT2D eigenvalue weighted by molar-refractivity contribution is -0.127. The van der Waals surface area contributed by atoms with Gasteiger partial charge in [0.25, 0.3) is 0 Å². The highest BCUT2D eigenvalue weighted by Crippen LogP contribution is 2.29. The van der Waals surface area contributed by atoms with E-state index < -0.39 is 12.2 Å². The predicted molar refractivity (Wildman–Crippen MR) is 127 cm³/mol. The van der Waals surface area contributed by atoms with Gasteiger partial charge < -0.3 is 30.5 Å². The Morgan fingerprint density at radius 1 is 1.03 bits per heavy atom. The summed E-state index contributed by atoms with van der Waals surface area (Å²) in [6.07, 6.45) is 6.51. The average molecular weight is 468 g/mol. The van der Waals surface area contributed by atoms with E-state index in [0.29, 0.717) is 18.8 Å². The molecule has 5 atom stereocenters. The van der Waals surface area contributed by atoms with E-state index in [1.807, 2.05) is 0 Å². The van der Waals surface area contributed by atoms with Gasteiger partial charge in [0.2, 0.25) is 5.91 Å². The van der Waals surface area contributed by atoms with Gasteiger partial charge in [-0.15, -0.1) is 0 Å². The molecule has 0 radical (unpaired) electrons. The number of nitrogens with zero attached hydrogens (tertiary/aromatic N) is 3.